The quantitative estimate of drug-likeness (QED) is 0.291. The summed E-state index contributed by atoms with van der Waals surface area (Å²) < 4.78 is 0. The third-order valence-corrected chi connectivity index (χ3v) is 0. The average molecular weight is 239 g/mol. The van der Waals surface area contributed by atoms with E-state index < -0.39 is 0 Å². The Morgan fingerprint density at radius 3 is 0.857 bits per heavy atom. The van der Waals surface area contributed by atoms with E-state index in [1.165, 1.54) is 0 Å². The van der Waals surface area contributed by atoms with E-state index >= 15 is 0 Å². The number of hydrogen-bond acceptors (Lipinski definition) is 0. The van der Waals surface area contributed by atoms with E-state index in [9.17, 15) is 0 Å². The Balaban J connectivity index is -0.00000000333. The van der Waals surface area contributed by atoms with E-state index in [0.29, 0.717) is 0 Å². The summed E-state index contributed by atoms with van der Waals surface area (Å²) in [5, 5.41) is 0.194. The molecule has 0 aromatic rings. The zero-order valence-corrected chi connectivity index (χ0v) is 8.44. The smallest absolute Gasteiger partial charge is 1.00 e. The van der Waals surface area contributed by atoms with Crippen LogP contribution in [0, 0.1) is 0 Å². The van der Waals surface area contributed by atoms with Crippen LogP contribution < -0.4 is 37.2 Å². The molecule has 0 heterocycles. The van der Waals surface area contributed by atoms with Gasteiger partial charge in [0.2, 0.25) is 0 Å². The molecule has 0 aliphatic rings. The Morgan fingerprint density at radius 2 is 0.857 bits per heavy atom. The molecule has 7 heavy (non-hydrogen) atoms. The van der Waals surface area contributed by atoms with Crippen LogP contribution in [-0.4, -0.2) is 5.34 Å². The molecule has 0 fully saturated rings. The molecule has 0 saturated carbocycles. The largest absolute Gasteiger partial charge is 3.00 e. The van der Waals surface area contributed by atoms with Crippen LogP contribution >= 0.6 is 23.2 Å². The normalized spacial score (nSPS) is 2.57. The van der Waals surface area contributed by atoms with Gasteiger partial charge in [0, 0.05) is 0 Å². The summed E-state index contributed by atoms with van der Waals surface area (Å²) in [7, 11) is 0. The van der Waals surface area contributed by atoms with Crippen LogP contribution in [0.3, 0.4) is 0 Å². The maximum Gasteiger partial charge on any atom is 3.00 e. The number of alkyl halides is 2. The zero-order chi connectivity index (χ0) is 2.71. The van der Waals surface area contributed by atoms with Gasteiger partial charge in [0.15, 0.2) is 0 Å². The predicted molar refractivity (Wildman–Crippen MR) is 16.6 cm³/mol. The third-order valence-electron chi connectivity index (χ3n) is 0. The number of halogens is 5. The van der Waals surface area contributed by atoms with Crippen molar-refractivity contribution in [1.29, 1.82) is 0 Å². The second kappa shape index (κ2) is 41.9. The van der Waals surface area contributed by atoms with Gasteiger partial charge >= 0.3 is 21.7 Å². The van der Waals surface area contributed by atoms with Crippen molar-refractivity contribution in [2.45, 2.75) is 0 Å². The molecule has 0 unspecified atom stereocenters. The molecular weight excluding hydrogens is 237 g/mol. The molecule has 6 heteroatoms. The molecule has 0 saturated heterocycles. The van der Waals surface area contributed by atoms with Crippen LogP contribution in [0.5, 0.6) is 0 Å². The molecule has 45 valence electrons. The molecule has 1 radical (unpaired) electrons. The minimum absolute atomic E-state index is 0. The molecule has 0 rings (SSSR count). The first kappa shape index (κ1) is 35.2. The first-order valence-electron chi connectivity index (χ1n) is 0.535. The van der Waals surface area contributed by atoms with Crippen molar-refractivity contribution >= 4 is 23.2 Å². The van der Waals surface area contributed by atoms with Crippen molar-refractivity contribution in [1.82, 2.24) is 0 Å². The van der Waals surface area contributed by atoms with Gasteiger partial charge in [0.05, 0.1) is 5.34 Å². The van der Waals surface area contributed by atoms with Gasteiger partial charge in [-0.2, -0.15) is 0 Å². The Kier molecular flexibility index (Phi) is 211. The zero-order valence-electron chi connectivity index (χ0n) is 3.10. The van der Waals surface area contributed by atoms with Gasteiger partial charge in [-0.25, -0.2) is 0 Å². The minimum atomic E-state index is 0. The van der Waals surface area contributed by atoms with Crippen LogP contribution in [0.2, 0.25) is 0 Å². The Morgan fingerprint density at radius 1 is 0.857 bits per heavy atom. The molecule has 0 aliphatic heterocycles. The maximum absolute atomic E-state index is 4.76. The van der Waals surface area contributed by atoms with Crippen LogP contribution in [0.4, 0.5) is 0 Å². The molecule has 0 nitrogen and oxygen atoms in total. The summed E-state index contributed by atoms with van der Waals surface area (Å²) in [6.45, 7) is 0. The van der Waals surface area contributed by atoms with E-state index in [0.717, 1.165) is 0 Å². The van der Waals surface area contributed by atoms with Crippen LogP contribution in [0.25, 0.3) is 0 Å². The Bertz CT molecular complexity index is 8.04. The topological polar surface area (TPSA) is 0 Å². The molecule has 0 amide bonds. The van der Waals surface area contributed by atoms with Crippen LogP contribution in [0.1, 0.15) is 0 Å². The van der Waals surface area contributed by atoms with E-state index in [4.69, 9.17) is 23.2 Å². The molecule has 0 N–H and O–H groups in total. The first-order valence-corrected chi connectivity index (χ1v) is 1.60. The summed E-state index contributed by atoms with van der Waals surface area (Å²) >= 11 is 9.53. The fourth-order valence-electron chi connectivity index (χ4n) is 0. The average Bonchev–Trinajstić information content (AvgIpc) is 0.918. The molecule has 0 atom stereocenters. The SMILES string of the molecule is ClCCl.[Cl-].[Cl-].[Cl-].[Ti+3]. The summed E-state index contributed by atoms with van der Waals surface area (Å²) in [5.41, 5.74) is 0. The van der Waals surface area contributed by atoms with E-state index in [1.807, 2.05) is 0 Å². The molecule has 0 aromatic heterocycles. The summed E-state index contributed by atoms with van der Waals surface area (Å²) in [6, 6.07) is 0. The van der Waals surface area contributed by atoms with Crippen LogP contribution in [-0.2, 0) is 21.7 Å². The Hall–Kier alpha value is 2.16. The standard InChI is InChI=1S/CH2Cl2.3ClH.Ti/c2-1-3;;;;/h1H2;3*1H;/q;;;;+3/p-3. The van der Waals surface area contributed by atoms with Gasteiger partial charge in [-0.05, 0) is 0 Å². The fraction of sp³-hybridized carbons (Fsp3) is 1.00. The van der Waals surface area contributed by atoms with Crippen molar-refractivity contribution in [3.05, 3.63) is 0 Å². The summed E-state index contributed by atoms with van der Waals surface area (Å²) in [4.78, 5) is 0. The Labute approximate surface area is 86.8 Å². The second-order valence-corrected chi connectivity index (χ2v) is 0.909. The predicted octanol–water partition coefficient (Wildman–Crippen LogP) is -7.57. The van der Waals surface area contributed by atoms with Crippen molar-refractivity contribution in [3.8, 4) is 0 Å². The van der Waals surface area contributed by atoms with Crippen molar-refractivity contribution < 1.29 is 58.9 Å². The van der Waals surface area contributed by atoms with Gasteiger partial charge in [-0.3, -0.25) is 0 Å². The van der Waals surface area contributed by atoms with Crippen molar-refractivity contribution in [2.75, 3.05) is 5.34 Å². The van der Waals surface area contributed by atoms with Gasteiger partial charge in [0.25, 0.3) is 0 Å². The number of hydrogen-bond donors (Lipinski definition) is 0. The van der Waals surface area contributed by atoms with Crippen LogP contribution in [0.15, 0.2) is 0 Å². The molecule has 0 bridgehead atoms. The first-order chi connectivity index (χ1) is 1.41. The van der Waals surface area contributed by atoms with Gasteiger partial charge in [0.1, 0.15) is 0 Å². The second-order valence-electron chi connectivity index (χ2n) is 0.101. The summed E-state index contributed by atoms with van der Waals surface area (Å²) in [6.07, 6.45) is 0. The van der Waals surface area contributed by atoms with Gasteiger partial charge in [-0.1, -0.05) is 0 Å². The fourth-order valence-corrected chi connectivity index (χ4v) is 0. The minimum Gasteiger partial charge on any atom is -1.00 e. The molecule has 0 spiro atoms. The van der Waals surface area contributed by atoms with E-state index in [2.05, 4.69) is 0 Å². The van der Waals surface area contributed by atoms with Crippen molar-refractivity contribution in [3.63, 3.8) is 0 Å². The van der Waals surface area contributed by atoms with E-state index in [-0.39, 0.29) is 64.3 Å². The van der Waals surface area contributed by atoms with Gasteiger partial charge < -0.3 is 37.2 Å². The molecule has 0 aliphatic carbocycles. The van der Waals surface area contributed by atoms with Gasteiger partial charge in [-0.15, -0.1) is 23.2 Å². The maximum atomic E-state index is 4.76. The van der Waals surface area contributed by atoms with Crippen molar-refractivity contribution in [2.24, 2.45) is 0 Å². The number of rotatable bonds is 0. The third kappa shape index (κ3) is 66.2. The molecule has 0 aromatic carbocycles. The monoisotopic (exact) mass is 237 g/mol. The van der Waals surface area contributed by atoms with E-state index in [1.54, 1.807) is 0 Å². The molecular formula is CH2Cl5Ti. The summed E-state index contributed by atoms with van der Waals surface area (Å²) in [5.74, 6) is 0.